The Kier molecular flexibility index (Phi) is 3.18. The molecule has 0 bridgehead atoms. The van der Waals surface area contributed by atoms with E-state index < -0.39 is 5.54 Å². The van der Waals surface area contributed by atoms with E-state index in [4.69, 9.17) is 5.73 Å². The standard InChI is InChI=1S/C17H25FN2/c1-16(2)11-12-4-5-14(18)10-15(12)17(16,19)13-6-8-20(3)9-7-13/h4-5,10,13H,6-9,11,19H2,1-3H3. The molecule has 3 heteroatoms. The number of hydrogen-bond acceptors (Lipinski definition) is 2. The SMILES string of the molecule is CN1CCC(C2(N)c3cc(F)ccc3CC2(C)C)CC1. The summed E-state index contributed by atoms with van der Waals surface area (Å²) in [4.78, 5) is 2.36. The van der Waals surface area contributed by atoms with Crippen LogP contribution in [0.15, 0.2) is 18.2 Å². The summed E-state index contributed by atoms with van der Waals surface area (Å²) < 4.78 is 13.7. The van der Waals surface area contributed by atoms with Crippen molar-refractivity contribution in [2.24, 2.45) is 17.1 Å². The van der Waals surface area contributed by atoms with E-state index in [1.54, 1.807) is 12.1 Å². The predicted molar refractivity (Wildman–Crippen MR) is 80.0 cm³/mol. The number of rotatable bonds is 1. The third-order valence-corrected chi connectivity index (χ3v) is 5.63. The second kappa shape index (κ2) is 4.54. The van der Waals surface area contributed by atoms with Crippen molar-refractivity contribution in [2.75, 3.05) is 20.1 Å². The van der Waals surface area contributed by atoms with E-state index >= 15 is 0 Å². The Balaban J connectivity index is 2.04. The van der Waals surface area contributed by atoms with Gasteiger partial charge in [0.15, 0.2) is 0 Å². The summed E-state index contributed by atoms with van der Waals surface area (Å²) in [5.74, 6) is 0.279. The Labute approximate surface area is 121 Å². The molecule has 2 N–H and O–H groups in total. The summed E-state index contributed by atoms with van der Waals surface area (Å²) in [5.41, 5.74) is 8.83. The van der Waals surface area contributed by atoms with Crippen molar-refractivity contribution >= 4 is 0 Å². The van der Waals surface area contributed by atoms with Crippen molar-refractivity contribution in [2.45, 2.75) is 38.6 Å². The number of fused-ring (bicyclic) bond motifs is 1. The van der Waals surface area contributed by atoms with Crippen molar-refractivity contribution in [1.82, 2.24) is 4.90 Å². The minimum absolute atomic E-state index is 0.0102. The molecule has 110 valence electrons. The number of halogens is 1. The second-order valence-electron chi connectivity index (χ2n) is 7.31. The second-order valence-corrected chi connectivity index (χ2v) is 7.31. The molecule has 0 saturated carbocycles. The van der Waals surface area contributed by atoms with Gasteiger partial charge in [-0.3, -0.25) is 0 Å². The highest BCUT2D eigenvalue weighted by molar-refractivity contribution is 5.43. The van der Waals surface area contributed by atoms with E-state index in [9.17, 15) is 4.39 Å². The minimum atomic E-state index is -0.397. The molecule has 0 amide bonds. The summed E-state index contributed by atoms with van der Waals surface area (Å²) in [7, 11) is 2.16. The molecule has 0 spiro atoms. The zero-order chi connectivity index (χ0) is 14.5. The van der Waals surface area contributed by atoms with Gasteiger partial charge in [-0.2, -0.15) is 0 Å². The van der Waals surface area contributed by atoms with E-state index in [2.05, 4.69) is 25.8 Å². The van der Waals surface area contributed by atoms with Crippen molar-refractivity contribution in [1.29, 1.82) is 0 Å². The fraction of sp³-hybridized carbons (Fsp3) is 0.647. The lowest BCUT2D eigenvalue weighted by atomic mass is 9.63. The molecule has 0 aromatic heterocycles. The number of benzene rings is 1. The smallest absolute Gasteiger partial charge is 0.123 e. The predicted octanol–water partition coefficient (Wildman–Crippen LogP) is 2.90. The molecule has 1 heterocycles. The van der Waals surface area contributed by atoms with Gasteiger partial charge in [-0.1, -0.05) is 19.9 Å². The van der Waals surface area contributed by atoms with Gasteiger partial charge in [-0.05, 0) is 74.0 Å². The first-order valence-electron chi connectivity index (χ1n) is 7.61. The van der Waals surface area contributed by atoms with Crippen molar-refractivity contribution in [3.05, 3.63) is 35.1 Å². The van der Waals surface area contributed by atoms with Gasteiger partial charge in [-0.15, -0.1) is 0 Å². The van der Waals surface area contributed by atoms with Crippen LogP contribution in [0.2, 0.25) is 0 Å². The molecule has 2 aliphatic rings. The highest BCUT2D eigenvalue weighted by Crippen LogP contribution is 2.54. The van der Waals surface area contributed by atoms with Crippen molar-refractivity contribution in [3.8, 4) is 0 Å². The third-order valence-electron chi connectivity index (χ3n) is 5.63. The molecule has 1 unspecified atom stereocenters. The Morgan fingerprint density at radius 2 is 1.90 bits per heavy atom. The lowest BCUT2D eigenvalue weighted by Gasteiger charge is -2.47. The van der Waals surface area contributed by atoms with Gasteiger partial charge in [0, 0.05) is 5.54 Å². The van der Waals surface area contributed by atoms with Gasteiger partial charge < -0.3 is 10.6 Å². The maximum Gasteiger partial charge on any atom is 0.123 e. The fourth-order valence-corrected chi connectivity index (χ4v) is 4.31. The molecule has 2 nitrogen and oxygen atoms in total. The molecular weight excluding hydrogens is 251 g/mol. The van der Waals surface area contributed by atoms with Crippen LogP contribution in [0.1, 0.15) is 37.8 Å². The zero-order valence-electron chi connectivity index (χ0n) is 12.7. The molecule has 3 rings (SSSR count). The van der Waals surface area contributed by atoms with E-state index in [0.717, 1.165) is 37.9 Å². The molecule has 1 aliphatic carbocycles. The van der Waals surface area contributed by atoms with E-state index in [1.165, 1.54) is 5.56 Å². The maximum absolute atomic E-state index is 13.7. The first-order chi connectivity index (χ1) is 9.34. The average Bonchev–Trinajstić information content (AvgIpc) is 2.59. The van der Waals surface area contributed by atoms with Gasteiger partial charge >= 0.3 is 0 Å². The summed E-state index contributed by atoms with van der Waals surface area (Å²) in [6.07, 6.45) is 3.16. The van der Waals surface area contributed by atoms with Gasteiger partial charge in [0.2, 0.25) is 0 Å². The highest BCUT2D eigenvalue weighted by Gasteiger charge is 2.54. The van der Waals surface area contributed by atoms with Crippen molar-refractivity contribution < 1.29 is 4.39 Å². The van der Waals surface area contributed by atoms with Crippen LogP contribution >= 0.6 is 0 Å². The topological polar surface area (TPSA) is 29.3 Å². The van der Waals surface area contributed by atoms with Gasteiger partial charge in [0.25, 0.3) is 0 Å². The van der Waals surface area contributed by atoms with Crippen LogP contribution in [0.4, 0.5) is 4.39 Å². The summed E-state index contributed by atoms with van der Waals surface area (Å²) in [5, 5.41) is 0. The largest absolute Gasteiger partial charge is 0.321 e. The van der Waals surface area contributed by atoms with Gasteiger partial charge in [0.05, 0.1) is 0 Å². The molecule has 1 aromatic carbocycles. The van der Waals surface area contributed by atoms with Crippen LogP contribution in [0.25, 0.3) is 0 Å². The van der Waals surface area contributed by atoms with Gasteiger partial charge in [0.1, 0.15) is 5.82 Å². The first-order valence-corrected chi connectivity index (χ1v) is 7.61. The van der Waals surface area contributed by atoms with E-state index in [0.29, 0.717) is 5.92 Å². The number of likely N-dealkylation sites (tertiary alicyclic amines) is 1. The minimum Gasteiger partial charge on any atom is -0.321 e. The lowest BCUT2D eigenvalue weighted by molar-refractivity contribution is 0.0646. The Morgan fingerprint density at radius 3 is 2.55 bits per heavy atom. The normalized spacial score (nSPS) is 30.4. The Bertz CT molecular complexity index is 518. The van der Waals surface area contributed by atoms with Crippen LogP contribution in [0.5, 0.6) is 0 Å². The molecular formula is C17H25FN2. The molecule has 1 saturated heterocycles. The Hall–Kier alpha value is -0.930. The van der Waals surface area contributed by atoms with Crippen LogP contribution in [0.3, 0.4) is 0 Å². The average molecular weight is 276 g/mol. The monoisotopic (exact) mass is 276 g/mol. The number of nitrogens with two attached hydrogens (primary N) is 1. The van der Waals surface area contributed by atoms with E-state index in [-0.39, 0.29) is 11.2 Å². The summed E-state index contributed by atoms with van der Waals surface area (Å²) in [6, 6.07) is 5.17. The van der Waals surface area contributed by atoms with Crippen LogP contribution in [-0.4, -0.2) is 25.0 Å². The molecule has 1 fully saturated rings. The van der Waals surface area contributed by atoms with E-state index in [1.807, 2.05) is 6.07 Å². The van der Waals surface area contributed by atoms with Gasteiger partial charge in [-0.25, -0.2) is 4.39 Å². The fourth-order valence-electron chi connectivity index (χ4n) is 4.31. The Morgan fingerprint density at radius 1 is 1.25 bits per heavy atom. The number of hydrogen-bond donors (Lipinski definition) is 1. The summed E-state index contributed by atoms with van der Waals surface area (Å²) >= 11 is 0. The third kappa shape index (κ3) is 1.91. The molecule has 20 heavy (non-hydrogen) atoms. The quantitative estimate of drug-likeness (QED) is 0.854. The number of piperidine rings is 1. The molecule has 1 aromatic rings. The van der Waals surface area contributed by atoms with Crippen LogP contribution in [0, 0.1) is 17.2 Å². The first kappa shape index (κ1) is 14.0. The summed E-state index contributed by atoms with van der Waals surface area (Å²) in [6.45, 7) is 6.65. The molecule has 0 radical (unpaired) electrons. The molecule has 1 aliphatic heterocycles. The zero-order valence-corrected chi connectivity index (χ0v) is 12.7. The maximum atomic E-state index is 13.7. The highest BCUT2D eigenvalue weighted by atomic mass is 19.1. The lowest BCUT2D eigenvalue weighted by Crippen LogP contribution is -2.55. The number of nitrogens with zero attached hydrogens (tertiary/aromatic N) is 1. The van der Waals surface area contributed by atoms with Crippen LogP contribution < -0.4 is 5.73 Å². The van der Waals surface area contributed by atoms with Crippen LogP contribution in [-0.2, 0) is 12.0 Å². The van der Waals surface area contributed by atoms with Crippen molar-refractivity contribution in [3.63, 3.8) is 0 Å². The molecule has 1 atom stereocenters.